The first-order valence-electron chi connectivity index (χ1n) is 8.58. The quantitative estimate of drug-likeness (QED) is 0.654. The average molecular weight is 499 g/mol. The fourth-order valence-electron chi connectivity index (χ4n) is 3.67. The predicted molar refractivity (Wildman–Crippen MR) is 110 cm³/mol. The van der Waals surface area contributed by atoms with Crippen molar-refractivity contribution in [2.45, 2.75) is 12.1 Å². The van der Waals surface area contributed by atoms with E-state index in [0.717, 1.165) is 9.37 Å². The molecule has 2 aromatic rings. The maximum Gasteiger partial charge on any atom is 0.265 e. The second-order valence-corrected chi connectivity index (χ2v) is 8.43. The van der Waals surface area contributed by atoms with E-state index in [4.69, 9.17) is 33.8 Å². The van der Waals surface area contributed by atoms with Gasteiger partial charge in [-0.05, 0) is 42.0 Å². The van der Waals surface area contributed by atoms with Crippen LogP contribution >= 0.6 is 39.1 Å². The Balaban J connectivity index is 1.75. The topological polar surface area (TPSA) is 92.9 Å². The van der Waals surface area contributed by atoms with Gasteiger partial charge in [-0.2, -0.15) is 5.06 Å². The van der Waals surface area contributed by atoms with Crippen molar-refractivity contribution in [1.82, 2.24) is 5.06 Å². The Hall–Kier alpha value is -1.97. The minimum Gasteiger partial charge on any atom is -0.368 e. The van der Waals surface area contributed by atoms with E-state index in [0.29, 0.717) is 16.3 Å². The molecular formula is C19H14BrCl2N3O4. The maximum atomic E-state index is 13.3. The third kappa shape index (κ3) is 3.55. The predicted octanol–water partition coefficient (Wildman–Crippen LogP) is 3.09. The fourth-order valence-corrected chi connectivity index (χ4v) is 4.24. The zero-order chi connectivity index (χ0) is 20.9. The van der Waals surface area contributed by atoms with Gasteiger partial charge in [0.05, 0.1) is 27.7 Å². The molecule has 2 N–H and O–H groups in total. The lowest BCUT2D eigenvalue weighted by Gasteiger charge is -2.26. The number of fused-ring (bicyclic) bond motifs is 1. The standard InChI is InChI=1S/C19H14BrCl2N3O4/c20-10-2-4-11(5-3-10)25-18(27)15-16(9-1-6-12(21)13(22)7-9)24(8-14(23)26)29-17(15)19(25)28/h1-7,15-17H,8H2,(H2,23,26). The van der Waals surface area contributed by atoms with Gasteiger partial charge in [-0.25, -0.2) is 4.90 Å². The van der Waals surface area contributed by atoms with Crippen LogP contribution in [0.3, 0.4) is 0 Å². The number of nitrogens with two attached hydrogens (primary N) is 1. The normalized spacial score (nSPS) is 24.2. The van der Waals surface area contributed by atoms with Crippen molar-refractivity contribution in [2.75, 3.05) is 11.4 Å². The van der Waals surface area contributed by atoms with Crippen molar-refractivity contribution in [1.29, 1.82) is 0 Å². The van der Waals surface area contributed by atoms with Crippen LogP contribution in [0.2, 0.25) is 10.0 Å². The summed E-state index contributed by atoms with van der Waals surface area (Å²) in [4.78, 5) is 44.6. The Morgan fingerprint density at radius 3 is 2.38 bits per heavy atom. The lowest BCUT2D eigenvalue weighted by Crippen LogP contribution is -2.40. The first-order valence-corrected chi connectivity index (χ1v) is 10.1. The second kappa shape index (κ2) is 7.70. The van der Waals surface area contributed by atoms with Crippen molar-refractivity contribution < 1.29 is 19.2 Å². The first-order chi connectivity index (χ1) is 13.8. The van der Waals surface area contributed by atoms with Crippen LogP contribution in [0.1, 0.15) is 11.6 Å². The molecule has 2 saturated heterocycles. The number of halogens is 3. The number of benzene rings is 2. The van der Waals surface area contributed by atoms with Crippen LogP contribution in [0.5, 0.6) is 0 Å². The molecule has 150 valence electrons. The number of hydrogen-bond donors (Lipinski definition) is 1. The lowest BCUT2D eigenvalue weighted by molar-refractivity contribution is -0.175. The summed E-state index contributed by atoms with van der Waals surface area (Å²) in [5, 5.41) is 1.90. The summed E-state index contributed by atoms with van der Waals surface area (Å²) >= 11 is 15.5. The van der Waals surface area contributed by atoms with Crippen LogP contribution in [0.4, 0.5) is 5.69 Å². The highest BCUT2D eigenvalue weighted by molar-refractivity contribution is 9.10. The van der Waals surface area contributed by atoms with Gasteiger partial charge in [0.2, 0.25) is 11.8 Å². The van der Waals surface area contributed by atoms with E-state index in [-0.39, 0.29) is 11.6 Å². The van der Waals surface area contributed by atoms with Crippen LogP contribution in [0.25, 0.3) is 0 Å². The number of carbonyl (C=O) groups is 3. The number of imide groups is 1. The molecule has 0 spiro atoms. The molecule has 0 radical (unpaired) electrons. The van der Waals surface area contributed by atoms with E-state index in [1.165, 1.54) is 5.06 Å². The Kier molecular flexibility index (Phi) is 5.39. The van der Waals surface area contributed by atoms with Crippen LogP contribution in [0, 0.1) is 5.92 Å². The third-order valence-corrected chi connectivity index (χ3v) is 6.14. The molecular weight excluding hydrogens is 485 g/mol. The van der Waals surface area contributed by atoms with Crippen molar-refractivity contribution >= 4 is 62.5 Å². The Labute approximate surface area is 184 Å². The van der Waals surface area contributed by atoms with Gasteiger partial charge in [0.25, 0.3) is 5.91 Å². The summed E-state index contributed by atoms with van der Waals surface area (Å²) in [6.07, 6.45) is -1.06. The third-order valence-electron chi connectivity index (χ3n) is 4.88. The lowest BCUT2D eigenvalue weighted by atomic mass is 9.91. The van der Waals surface area contributed by atoms with Gasteiger partial charge in [0.15, 0.2) is 6.10 Å². The Morgan fingerprint density at radius 1 is 1.07 bits per heavy atom. The summed E-state index contributed by atoms with van der Waals surface area (Å²) in [5.74, 6) is -2.44. The highest BCUT2D eigenvalue weighted by Crippen LogP contribution is 2.46. The fraction of sp³-hybridized carbons (Fsp3) is 0.211. The monoisotopic (exact) mass is 497 g/mol. The molecule has 3 atom stereocenters. The van der Waals surface area contributed by atoms with Crippen molar-refractivity contribution in [3.63, 3.8) is 0 Å². The van der Waals surface area contributed by atoms with Gasteiger partial charge in [0.1, 0.15) is 6.54 Å². The van der Waals surface area contributed by atoms with E-state index in [2.05, 4.69) is 15.9 Å². The van der Waals surface area contributed by atoms with Gasteiger partial charge in [-0.1, -0.05) is 45.2 Å². The van der Waals surface area contributed by atoms with Crippen molar-refractivity contribution in [3.8, 4) is 0 Å². The molecule has 0 aromatic heterocycles. The molecule has 2 aromatic carbocycles. The minimum absolute atomic E-state index is 0.281. The highest BCUT2D eigenvalue weighted by Gasteiger charge is 2.60. The van der Waals surface area contributed by atoms with Gasteiger partial charge < -0.3 is 5.73 Å². The summed E-state index contributed by atoms with van der Waals surface area (Å²) in [7, 11) is 0. The molecule has 0 bridgehead atoms. The number of amides is 3. The molecule has 3 unspecified atom stereocenters. The maximum absolute atomic E-state index is 13.3. The molecule has 29 heavy (non-hydrogen) atoms. The molecule has 4 rings (SSSR count). The van der Waals surface area contributed by atoms with E-state index in [9.17, 15) is 14.4 Å². The SMILES string of the molecule is NC(=O)CN1OC2C(=O)N(c3ccc(Br)cc3)C(=O)C2C1c1ccc(Cl)c(Cl)c1. The molecule has 0 aliphatic carbocycles. The molecule has 2 aliphatic heterocycles. The number of carbonyl (C=O) groups excluding carboxylic acids is 3. The molecule has 2 aliphatic rings. The average Bonchev–Trinajstić information content (AvgIpc) is 3.14. The zero-order valence-corrected chi connectivity index (χ0v) is 17.8. The first kappa shape index (κ1) is 20.3. The minimum atomic E-state index is -1.06. The number of hydrogen-bond acceptors (Lipinski definition) is 5. The van der Waals surface area contributed by atoms with Crippen LogP contribution < -0.4 is 10.6 Å². The molecule has 2 heterocycles. The number of hydroxylamine groups is 2. The van der Waals surface area contributed by atoms with Gasteiger partial charge in [-0.15, -0.1) is 0 Å². The Morgan fingerprint density at radius 2 is 1.76 bits per heavy atom. The molecule has 0 saturated carbocycles. The van der Waals surface area contributed by atoms with E-state index >= 15 is 0 Å². The number of anilines is 1. The number of rotatable bonds is 4. The van der Waals surface area contributed by atoms with E-state index in [1.807, 2.05) is 0 Å². The largest absolute Gasteiger partial charge is 0.368 e. The Bertz CT molecular complexity index is 1020. The number of primary amides is 1. The summed E-state index contributed by atoms with van der Waals surface area (Å²) in [5.41, 5.74) is 6.36. The highest BCUT2D eigenvalue weighted by atomic mass is 79.9. The van der Waals surface area contributed by atoms with Crippen molar-refractivity contribution in [2.24, 2.45) is 11.7 Å². The van der Waals surface area contributed by atoms with Gasteiger partial charge in [0, 0.05) is 4.47 Å². The number of nitrogens with zero attached hydrogens (tertiary/aromatic N) is 2. The van der Waals surface area contributed by atoms with Crippen LogP contribution in [-0.4, -0.2) is 35.4 Å². The van der Waals surface area contributed by atoms with Crippen LogP contribution in [0.15, 0.2) is 46.9 Å². The summed E-state index contributed by atoms with van der Waals surface area (Å²) in [6, 6.07) is 10.9. The van der Waals surface area contributed by atoms with Crippen LogP contribution in [-0.2, 0) is 19.2 Å². The summed E-state index contributed by atoms with van der Waals surface area (Å²) in [6.45, 7) is -0.281. The van der Waals surface area contributed by atoms with Gasteiger partial charge >= 0.3 is 0 Å². The molecule has 2 fully saturated rings. The van der Waals surface area contributed by atoms with Gasteiger partial charge in [-0.3, -0.25) is 19.2 Å². The zero-order valence-electron chi connectivity index (χ0n) is 14.7. The van der Waals surface area contributed by atoms with E-state index < -0.39 is 35.8 Å². The summed E-state index contributed by atoms with van der Waals surface area (Å²) < 4.78 is 0.818. The smallest absolute Gasteiger partial charge is 0.265 e. The molecule has 3 amide bonds. The van der Waals surface area contributed by atoms with Crippen molar-refractivity contribution in [3.05, 3.63) is 62.5 Å². The molecule has 7 nitrogen and oxygen atoms in total. The van der Waals surface area contributed by atoms with E-state index in [1.54, 1.807) is 42.5 Å². The second-order valence-electron chi connectivity index (χ2n) is 6.70. The molecule has 10 heteroatoms.